The Morgan fingerprint density at radius 2 is 2.33 bits per heavy atom. The van der Waals surface area contributed by atoms with Gasteiger partial charge in [-0.05, 0) is 6.08 Å². The van der Waals surface area contributed by atoms with E-state index < -0.39 is 11.7 Å². The molecule has 4 heteroatoms. The third-order valence-corrected chi connectivity index (χ3v) is 1.59. The summed E-state index contributed by atoms with van der Waals surface area (Å²) in [6.07, 6.45) is 7.19. The Labute approximate surface area is 70.2 Å². The van der Waals surface area contributed by atoms with Crippen LogP contribution in [0.4, 0.5) is 0 Å². The summed E-state index contributed by atoms with van der Waals surface area (Å²) in [6.45, 7) is -0.241. The van der Waals surface area contributed by atoms with Crippen LogP contribution in [0, 0.1) is 0 Å². The second kappa shape index (κ2) is 3.51. The predicted molar refractivity (Wildman–Crippen MR) is 43.5 cm³/mol. The lowest BCUT2D eigenvalue weighted by Gasteiger charge is -2.25. The first-order chi connectivity index (χ1) is 5.62. The Morgan fingerprint density at radius 3 is 2.83 bits per heavy atom. The van der Waals surface area contributed by atoms with Gasteiger partial charge in [0.1, 0.15) is 5.72 Å². The van der Waals surface area contributed by atoms with Gasteiger partial charge in [-0.1, -0.05) is 18.2 Å². The molecular formula is C8H11NO3. The summed E-state index contributed by atoms with van der Waals surface area (Å²) in [5, 5.41) is 20.5. The van der Waals surface area contributed by atoms with Gasteiger partial charge in [-0.15, -0.1) is 0 Å². The van der Waals surface area contributed by atoms with Crippen molar-refractivity contribution in [3.63, 3.8) is 0 Å². The summed E-state index contributed by atoms with van der Waals surface area (Å²) in [5.74, 6) is -0.980. The van der Waals surface area contributed by atoms with E-state index in [-0.39, 0.29) is 6.54 Å². The van der Waals surface area contributed by atoms with Crippen LogP contribution < -0.4 is 5.32 Å². The fourth-order valence-electron chi connectivity index (χ4n) is 0.969. The molecule has 0 saturated carbocycles. The molecule has 0 bridgehead atoms. The van der Waals surface area contributed by atoms with Gasteiger partial charge in [0.25, 0.3) is 0 Å². The lowest BCUT2D eigenvalue weighted by molar-refractivity contribution is -0.137. The highest BCUT2D eigenvalue weighted by Crippen LogP contribution is 2.12. The molecular weight excluding hydrogens is 158 g/mol. The van der Waals surface area contributed by atoms with Crippen LogP contribution in [0.25, 0.3) is 0 Å². The van der Waals surface area contributed by atoms with Crippen molar-refractivity contribution in [1.29, 1.82) is 0 Å². The van der Waals surface area contributed by atoms with E-state index in [1.54, 1.807) is 18.2 Å². The topological polar surface area (TPSA) is 69.6 Å². The van der Waals surface area contributed by atoms with E-state index in [9.17, 15) is 9.90 Å². The number of aliphatic hydroxyl groups is 1. The van der Waals surface area contributed by atoms with E-state index in [1.807, 2.05) is 0 Å². The van der Waals surface area contributed by atoms with Gasteiger partial charge >= 0.3 is 5.97 Å². The number of rotatable bonds is 3. The van der Waals surface area contributed by atoms with E-state index in [0.29, 0.717) is 6.42 Å². The summed E-state index contributed by atoms with van der Waals surface area (Å²) < 4.78 is 0. The zero-order chi connectivity index (χ0) is 9.03. The number of allylic oxidation sites excluding steroid dienone is 2. The number of nitrogens with one attached hydrogen (secondary N) is 1. The van der Waals surface area contributed by atoms with Gasteiger partial charge in [0.05, 0.1) is 6.54 Å². The average molecular weight is 169 g/mol. The van der Waals surface area contributed by atoms with Crippen LogP contribution in [0.5, 0.6) is 0 Å². The Morgan fingerprint density at radius 1 is 1.58 bits per heavy atom. The first-order valence-corrected chi connectivity index (χ1v) is 3.66. The maximum absolute atomic E-state index is 10.2. The van der Waals surface area contributed by atoms with E-state index >= 15 is 0 Å². The molecule has 66 valence electrons. The molecule has 1 atom stereocenters. The monoisotopic (exact) mass is 169 g/mol. The molecule has 1 aliphatic carbocycles. The van der Waals surface area contributed by atoms with Crippen molar-refractivity contribution in [1.82, 2.24) is 5.32 Å². The van der Waals surface area contributed by atoms with Crippen LogP contribution in [0.2, 0.25) is 0 Å². The Hall–Kier alpha value is -1.13. The molecule has 1 aliphatic rings. The maximum atomic E-state index is 10.2. The molecule has 0 aromatic rings. The number of carbonyl (C=O) groups is 1. The number of aliphatic carboxylic acids is 1. The van der Waals surface area contributed by atoms with Crippen molar-refractivity contribution in [2.45, 2.75) is 12.1 Å². The summed E-state index contributed by atoms with van der Waals surface area (Å²) in [5.41, 5.74) is -1.19. The normalized spacial score (nSPS) is 27.4. The summed E-state index contributed by atoms with van der Waals surface area (Å²) in [6, 6.07) is 0. The lowest BCUT2D eigenvalue weighted by Crippen LogP contribution is -2.45. The Bertz CT molecular complexity index is 234. The quantitative estimate of drug-likeness (QED) is 0.514. The lowest BCUT2D eigenvalue weighted by atomic mass is 10.1. The van der Waals surface area contributed by atoms with Crippen molar-refractivity contribution >= 4 is 5.97 Å². The smallest absolute Gasteiger partial charge is 0.317 e. The van der Waals surface area contributed by atoms with E-state index in [0.717, 1.165) is 0 Å². The molecule has 1 unspecified atom stereocenters. The summed E-state index contributed by atoms with van der Waals surface area (Å²) >= 11 is 0. The molecule has 0 heterocycles. The largest absolute Gasteiger partial charge is 0.480 e. The van der Waals surface area contributed by atoms with Crippen LogP contribution >= 0.6 is 0 Å². The van der Waals surface area contributed by atoms with E-state index in [2.05, 4.69) is 5.32 Å². The molecule has 0 amide bonds. The van der Waals surface area contributed by atoms with Gasteiger partial charge in [-0.25, -0.2) is 0 Å². The molecule has 0 spiro atoms. The van der Waals surface area contributed by atoms with Gasteiger partial charge in [0, 0.05) is 6.42 Å². The van der Waals surface area contributed by atoms with Gasteiger partial charge in [-0.2, -0.15) is 0 Å². The molecule has 0 aromatic carbocycles. The van der Waals surface area contributed by atoms with Crippen LogP contribution in [0.1, 0.15) is 6.42 Å². The zero-order valence-corrected chi connectivity index (χ0v) is 6.53. The van der Waals surface area contributed by atoms with Gasteiger partial charge in [-0.3, -0.25) is 10.1 Å². The minimum Gasteiger partial charge on any atom is -0.480 e. The Kier molecular flexibility index (Phi) is 2.62. The van der Waals surface area contributed by atoms with Crippen molar-refractivity contribution in [3.8, 4) is 0 Å². The first-order valence-electron chi connectivity index (χ1n) is 3.66. The molecule has 4 nitrogen and oxygen atoms in total. The van der Waals surface area contributed by atoms with Crippen molar-refractivity contribution < 1.29 is 15.0 Å². The minimum absolute atomic E-state index is 0.241. The standard InChI is InChI=1S/C8H11NO3/c10-7(11)6-9-8(12)4-2-1-3-5-8/h1-4,9,12H,5-6H2,(H,10,11). The third-order valence-electron chi connectivity index (χ3n) is 1.59. The molecule has 0 saturated heterocycles. The van der Waals surface area contributed by atoms with E-state index in [4.69, 9.17) is 5.11 Å². The molecule has 0 fully saturated rings. The fraction of sp³-hybridized carbons (Fsp3) is 0.375. The summed E-state index contributed by atoms with van der Waals surface area (Å²) in [7, 11) is 0. The second-order valence-corrected chi connectivity index (χ2v) is 2.66. The molecule has 3 N–H and O–H groups in total. The van der Waals surface area contributed by atoms with Gasteiger partial charge in [0.2, 0.25) is 0 Å². The van der Waals surface area contributed by atoms with Gasteiger partial charge < -0.3 is 10.2 Å². The van der Waals surface area contributed by atoms with Crippen LogP contribution in [-0.4, -0.2) is 28.5 Å². The number of hydrogen-bond donors (Lipinski definition) is 3. The van der Waals surface area contributed by atoms with E-state index in [1.165, 1.54) is 6.08 Å². The maximum Gasteiger partial charge on any atom is 0.317 e. The number of carboxylic acid groups (broad SMARTS) is 1. The highest BCUT2D eigenvalue weighted by Gasteiger charge is 2.22. The van der Waals surface area contributed by atoms with Crippen molar-refractivity contribution in [2.24, 2.45) is 0 Å². The highest BCUT2D eigenvalue weighted by molar-refractivity contribution is 5.69. The number of hydrogen-bond acceptors (Lipinski definition) is 3. The van der Waals surface area contributed by atoms with Gasteiger partial charge in [0.15, 0.2) is 0 Å². The van der Waals surface area contributed by atoms with Crippen LogP contribution in [0.15, 0.2) is 24.3 Å². The SMILES string of the molecule is O=C(O)CNC1(O)C=CC=CC1. The fourth-order valence-corrected chi connectivity index (χ4v) is 0.969. The van der Waals surface area contributed by atoms with Crippen LogP contribution in [0.3, 0.4) is 0 Å². The average Bonchev–Trinajstić information content (AvgIpc) is 2.03. The molecule has 0 aromatic heterocycles. The summed E-state index contributed by atoms with van der Waals surface area (Å²) in [4.78, 5) is 10.2. The van der Waals surface area contributed by atoms with Crippen molar-refractivity contribution in [3.05, 3.63) is 24.3 Å². The first kappa shape index (κ1) is 8.96. The molecule has 0 aliphatic heterocycles. The van der Waals surface area contributed by atoms with Crippen molar-refractivity contribution in [2.75, 3.05) is 6.54 Å². The molecule has 12 heavy (non-hydrogen) atoms. The molecule has 0 radical (unpaired) electrons. The zero-order valence-electron chi connectivity index (χ0n) is 6.53. The minimum atomic E-state index is -1.19. The number of carboxylic acids is 1. The van der Waals surface area contributed by atoms with Crippen LogP contribution in [-0.2, 0) is 4.79 Å². The molecule has 1 rings (SSSR count). The predicted octanol–water partition coefficient (Wildman–Crippen LogP) is -0.135. The second-order valence-electron chi connectivity index (χ2n) is 2.66. The highest BCUT2D eigenvalue weighted by atomic mass is 16.4. The Balaban J connectivity index is 2.44. The third kappa shape index (κ3) is 2.48.